The summed E-state index contributed by atoms with van der Waals surface area (Å²) in [5, 5.41) is 0. The zero-order valence-corrected chi connectivity index (χ0v) is 12.0. The first-order valence-electron chi connectivity index (χ1n) is 1.17. The van der Waals surface area contributed by atoms with Crippen LogP contribution in [0.5, 0.6) is 0 Å². The second kappa shape index (κ2) is 5.99. The number of hydrogen-bond donors (Lipinski definition) is 0. The first-order chi connectivity index (χ1) is 3.25. The van der Waals surface area contributed by atoms with Gasteiger partial charge in [0.2, 0.25) is 0 Å². The summed E-state index contributed by atoms with van der Waals surface area (Å²) < 4.78 is 55.2. The van der Waals surface area contributed by atoms with Crippen molar-refractivity contribution in [2.75, 3.05) is 0 Å². The van der Waals surface area contributed by atoms with E-state index in [1.165, 1.54) is 0 Å². The van der Waals surface area contributed by atoms with Gasteiger partial charge < -0.3 is 9.11 Å². The maximum Gasteiger partial charge on any atom is 1.00 e. The minimum Gasteiger partial charge on any atom is -0.736 e. The number of hydrogen-bond acceptors (Lipinski definition) is 6. The molecule has 50 valence electrons. The van der Waals surface area contributed by atoms with Gasteiger partial charge in [-0.3, -0.25) is 0 Å². The molecule has 0 heterocycles. The molecule has 6 nitrogen and oxygen atoms in total. The van der Waals surface area contributed by atoms with Crippen LogP contribution in [0.2, 0.25) is 0 Å². The van der Waals surface area contributed by atoms with Crippen molar-refractivity contribution >= 4 is 18.3 Å². The van der Waals surface area contributed by atoms with Crippen LogP contribution in [-0.2, 0) is 18.3 Å². The van der Waals surface area contributed by atoms with Crippen LogP contribution < -0.4 is 80.9 Å². The monoisotopic (exact) mass is 222 g/mol. The van der Waals surface area contributed by atoms with Crippen LogP contribution in [0.3, 0.4) is 0 Å². The summed E-state index contributed by atoms with van der Waals surface area (Å²) in [5.74, 6) is 0. The molecule has 0 unspecified atom stereocenters. The summed E-state index contributed by atoms with van der Waals surface area (Å²) in [6.07, 6.45) is 0. The Bertz CT molecular complexity index is 228. The van der Waals surface area contributed by atoms with E-state index in [1.54, 1.807) is 0 Å². The quantitative estimate of drug-likeness (QED) is 0.247. The topological polar surface area (TPSA) is 114 Å². The maximum atomic E-state index is 9.20. The minimum atomic E-state index is -5.67. The normalized spacial score (nSPS) is 11.0. The third-order valence-corrected chi connectivity index (χ3v) is 2.25. The van der Waals surface area contributed by atoms with Crippen molar-refractivity contribution in [3.63, 3.8) is 0 Å². The average Bonchev–Trinajstić information content (AvgIpc) is 1.25. The third-order valence-electron chi connectivity index (χ3n) is 0.250. The Labute approximate surface area is 122 Å². The van der Waals surface area contributed by atoms with Gasteiger partial charge >= 0.3 is 80.9 Å². The van der Waals surface area contributed by atoms with Crippen molar-refractivity contribution in [2.45, 2.75) is 0 Å². The fourth-order valence-electron chi connectivity index (χ4n) is 0. The van der Waals surface area contributed by atoms with Crippen molar-refractivity contribution in [3.8, 4) is 0 Å². The molecule has 0 atom stereocenters. The van der Waals surface area contributed by atoms with Crippen molar-refractivity contribution in [1.29, 1.82) is 0 Å². The molecular weight excluding hydrogens is 222 g/mol. The molecular formula is KNaO6S2. The molecule has 0 N–H and O–H groups in total. The molecule has 0 amide bonds. The van der Waals surface area contributed by atoms with Gasteiger partial charge in [-0.25, -0.2) is 16.8 Å². The van der Waals surface area contributed by atoms with E-state index in [9.17, 15) is 25.9 Å². The van der Waals surface area contributed by atoms with Gasteiger partial charge in [-0.05, 0) is 0 Å². The average molecular weight is 222 g/mol. The summed E-state index contributed by atoms with van der Waals surface area (Å²) in [6.45, 7) is 0. The SMILES string of the molecule is O=S(=O)([O-])S(=O)(=O)[O-].[K+].[Na+]. The van der Waals surface area contributed by atoms with Gasteiger partial charge in [0.1, 0.15) is 0 Å². The summed E-state index contributed by atoms with van der Waals surface area (Å²) in [5.41, 5.74) is 0. The minimum absolute atomic E-state index is 0. The predicted molar refractivity (Wildman–Crippen MR) is 19.4 cm³/mol. The molecule has 0 fully saturated rings. The molecule has 0 spiro atoms. The van der Waals surface area contributed by atoms with Crippen LogP contribution in [-0.4, -0.2) is 25.9 Å². The molecule has 0 saturated heterocycles. The van der Waals surface area contributed by atoms with E-state index < -0.39 is 18.3 Å². The first kappa shape index (κ1) is 18.3. The number of rotatable bonds is 1. The van der Waals surface area contributed by atoms with E-state index in [1.807, 2.05) is 0 Å². The predicted octanol–water partition coefficient (Wildman–Crippen LogP) is -8.00. The molecule has 0 bridgehead atoms. The Hall–Kier alpha value is 2.46. The fourth-order valence-corrected chi connectivity index (χ4v) is 0. The van der Waals surface area contributed by atoms with Gasteiger partial charge in [0, 0.05) is 0 Å². The standard InChI is InChI=1S/K.Na.H2O6S2/c;;1-7(2,3)8(4,5)6/h;;(H,1,2,3)(H,4,5,6)/q2*+1;/p-2. The Kier molecular flexibility index (Phi) is 11.0. The maximum absolute atomic E-state index is 9.20. The summed E-state index contributed by atoms with van der Waals surface area (Å²) in [4.78, 5) is 0. The van der Waals surface area contributed by atoms with Gasteiger partial charge in [-0.1, -0.05) is 0 Å². The van der Waals surface area contributed by atoms with Crippen LogP contribution in [0.4, 0.5) is 0 Å². The van der Waals surface area contributed by atoms with Crippen LogP contribution in [0.25, 0.3) is 0 Å². The summed E-state index contributed by atoms with van der Waals surface area (Å²) in [7, 11) is -11.3. The van der Waals surface area contributed by atoms with Crippen LogP contribution >= 0.6 is 0 Å². The zero-order valence-electron chi connectivity index (χ0n) is 5.27. The van der Waals surface area contributed by atoms with Crippen LogP contribution in [0.15, 0.2) is 0 Å². The van der Waals surface area contributed by atoms with Crippen LogP contribution in [0, 0.1) is 0 Å². The van der Waals surface area contributed by atoms with Crippen LogP contribution in [0.1, 0.15) is 0 Å². The molecule has 0 aliphatic rings. The van der Waals surface area contributed by atoms with E-state index in [4.69, 9.17) is 0 Å². The van der Waals surface area contributed by atoms with Gasteiger partial charge in [0.25, 0.3) is 0 Å². The van der Waals surface area contributed by atoms with E-state index >= 15 is 0 Å². The molecule has 0 aromatic rings. The smallest absolute Gasteiger partial charge is 0.736 e. The fraction of sp³-hybridized carbons (Fsp3) is 0. The van der Waals surface area contributed by atoms with E-state index in [-0.39, 0.29) is 80.9 Å². The Morgan fingerprint density at radius 2 is 0.900 bits per heavy atom. The second-order valence-corrected chi connectivity index (χ2v) is 4.90. The first-order valence-corrected chi connectivity index (χ1v) is 4.50. The molecule has 0 aliphatic carbocycles. The summed E-state index contributed by atoms with van der Waals surface area (Å²) in [6, 6.07) is 0. The largest absolute Gasteiger partial charge is 1.00 e. The Morgan fingerprint density at radius 1 is 0.800 bits per heavy atom. The molecule has 0 aliphatic heterocycles. The Morgan fingerprint density at radius 3 is 0.900 bits per heavy atom. The molecule has 10 heavy (non-hydrogen) atoms. The summed E-state index contributed by atoms with van der Waals surface area (Å²) >= 11 is 0. The van der Waals surface area contributed by atoms with Crippen molar-refractivity contribution in [2.24, 2.45) is 0 Å². The zero-order chi connectivity index (χ0) is 7.00. The Balaban J connectivity index is -0.000000245. The molecule has 0 radical (unpaired) electrons. The molecule has 10 heteroatoms. The second-order valence-electron chi connectivity index (χ2n) is 0.816. The van der Waals surface area contributed by atoms with Crippen molar-refractivity contribution in [3.05, 3.63) is 0 Å². The van der Waals surface area contributed by atoms with Crippen molar-refractivity contribution < 1.29 is 107 Å². The van der Waals surface area contributed by atoms with E-state index in [0.29, 0.717) is 0 Å². The molecule has 0 rings (SSSR count). The van der Waals surface area contributed by atoms with Gasteiger partial charge in [-0.2, -0.15) is 0 Å². The van der Waals surface area contributed by atoms with Gasteiger partial charge in [0.15, 0.2) is 18.3 Å². The van der Waals surface area contributed by atoms with E-state index in [0.717, 1.165) is 0 Å². The third kappa shape index (κ3) is 7.12. The van der Waals surface area contributed by atoms with Gasteiger partial charge in [-0.15, -0.1) is 0 Å². The van der Waals surface area contributed by atoms with E-state index in [2.05, 4.69) is 0 Å². The van der Waals surface area contributed by atoms with Crippen molar-refractivity contribution in [1.82, 2.24) is 0 Å². The molecule has 0 aromatic heterocycles. The molecule has 0 aromatic carbocycles. The van der Waals surface area contributed by atoms with Gasteiger partial charge in [0.05, 0.1) is 0 Å². The molecule has 0 saturated carbocycles.